The van der Waals surface area contributed by atoms with E-state index in [1.165, 1.54) is 5.56 Å². The lowest BCUT2D eigenvalue weighted by molar-refractivity contribution is 0.112. The van der Waals surface area contributed by atoms with Crippen molar-refractivity contribution in [2.24, 2.45) is 0 Å². The topological polar surface area (TPSA) is 26.3 Å². The maximum absolute atomic E-state index is 10.5. The molecule has 0 bridgehead atoms. The molecule has 0 spiro atoms. The first-order valence-corrected chi connectivity index (χ1v) is 4.40. The summed E-state index contributed by atoms with van der Waals surface area (Å²) in [5.41, 5.74) is 1.94. The fraction of sp³-hybridized carbons (Fsp3) is 0.364. The van der Waals surface area contributed by atoms with Gasteiger partial charge < -0.3 is 4.74 Å². The van der Waals surface area contributed by atoms with Gasteiger partial charge >= 0.3 is 0 Å². The van der Waals surface area contributed by atoms with Crippen LogP contribution in [-0.2, 0) is 11.2 Å². The van der Waals surface area contributed by atoms with Crippen molar-refractivity contribution in [3.63, 3.8) is 0 Å². The Kier molecular flexibility index (Phi) is 4.19. The van der Waals surface area contributed by atoms with E-state index in [4.69, 9.17) is 4.74 Å². The molecule has 0 aliphatic rings. The van der Waals surface area contributed by atoms with Gasteiger partial charge in [-0.15, -0.1) is 0 Å². The Morgan fingerprint density at radius 3 is 3.00 bits per heavy atom. The largest absolute Gasteiger partial charge is 0.385 e. The number of benzene rings is 1. The van der Waals surface area contributed by atoms with Crippen molar-refractivity contribution in [2.45, 2.75) is 12.8 Å². The van der Waals surface area contributed by atoms with Crippen LogP contribution in [0.5, 0.6) is 0 Å². The summed E-state index contributed by atoms with van der Waals surface area (Å²) >= 11 is 0. The fourth-order valence-corrected chi connectivity index (χ4v) is 1.24. The van der Waals surface area contributed by atoms with Gasteiger partial charge in [-0.05, 0) is 24.5 Å². The molecule has 0 aromatic heterocycles. The summed E-state index contributed by atoms with van der Waals surface area (Å²) in [6.45, 7) is 0.769. The third-order valence-electron chi connectivity index (χ3n) is 1.90. The first-order chi connectivity index (χ1) is 6.36. The maximum Gasteiger partial charge on any atom is 0.150 e. The van der Waals surface area contributed by atoms with Crippen LogP contribution in [-0.4, -0.2) is 20.0 Å². The number of hydrogen-bond acceptors (Lipinski definition) is 2. The van der Waals surface area contributed by atoms with E-state index in [0.29, 0.717) is 0 Å². The number of carbonyl (C=O) groups excluding carboxylic acids is 1. The molecule has 2 nitrogen and oxygen atoms in total. The summed E-state index contributed by atoms with van der Waals surface area (Å²) in [6, 6.07) is 7.67. The summed E-state index contributed by atoms with van der Waals surface area (Å²) in [4.78, 5) is 10.5. The van der Waals surface area contributed by atoms with Crippen LogP contribution in [0.25, 0.3) is 0 Å². The Bertz CT molecular complexity index is 269. The number of aryl methyl sites for hydroxylation is 1. The van der Waals surface area contributed by atoms with Crippen LogP contribution >= 0.6 is 0 Å². The second-order valence-electron chi connectivity index (χ2n) is 2.96. The molecule has 0 N–H and O–H groups in total. The number of ether oxygens (including phenoxy) is 1. The van der Waals surface area contributed by atoms with Crippen molar-refractivity contribution in [3.8, 4) is 0 Å². The molecule has 1 aromatic carbocycles. The van der Waals surface area contributed by atoms with Crippen LogP contribution in [0.3, 0.4) is 0 Å². The minimum atomic E-state index is 0.745. The van der Waals surface area contributed by atoms with E-state index in [-0.39, 0.29) is 0 Å². The predicted molar refractivity (Wildman–Crippen MR) is 52.0 cm³/mol. The second-order valence-corrected chi connectivity index (χ2v) is 2.96. The lowest BCUT2D eigenvalue weighted by Crippen LogP contribution is -1.93. The van der Waals surface area contributed by atoms with Gasteiger partial charge in [-0.3, -0.25) is 4.79 Å². The third kappa shape index (κ3) is 3.38. The summed E-state index contributed by atoms with van der Waals surface area (Å²) in [7, 11) is 1.70. The molecule has 0 aliphatic heterocycles. The monoisotopic (exact) mass is 178 g/mol. The molecule has 1 rings (SSSR count). The van der Waals surface area contributed by atoms with E-state index < -0.39 is 0 Å². The van der Waals surface area contributed by atoms with Gasteiger partial charge in [0.25, 0.3) is 0 Å². The maximum atomic E-state index is 10.5. The number of carbonyl (C=O) groups is 1. The summed E-state index contributed by atoms with van der Waals surface area (Å²) < 4.78 is 4.95. The zero-order chi connectivity index (χ0) is 9.52. The van der Waals surface area contributed by atoms with E-state index in [0.717, 1.165) is 31.3 Å². The molecule has 2 heteroatoms. The van der Waals surface area contributed by atoms with Crippen molar-refractivity contribution >= 4 is 6.29 Å². The van der Waals surface area contributed by atoms with Crippen molar-refractivity contribution in [2.75, 3.05) is 13.7 Å². The second kappa shape index (κ2) is 5.49. The lowest BCUT2D eigenvalue weighted by atomic mass is 10.1. The normalized spacial score (nSPS) is 9.92. The minimum absolute atomic E-state index is 0.745. The van der Waals surface area contributed by atoms with Gasteiger partial charge in [0.1, 0.15) is 6.29 Å². The van der Waals surface area contributed by atoms with Crippen molar-refractivity contribution in [1.82, 2.24) is 0 Å². The predicted octanol–water partition coefficient (Wildman–Crippen LogP) is 2.08. The SMILES string of the molecule is COCCCc1cccc(C=O)c1. The van der Waals surface area contributed by atoms with E-state index in [9.17, 15) is 4.79 Å². The summed E-state index contributed by atoms with van der Waals surface area (Å²) in [5, 5.41) is 0. The molecule has 70 valence electrons. The molecule has 0 radical (unpaired) electrons. The Balaban J connectivity index is 2.51. The average Bonchev–Trinajstić information content (AvgIpc) is 2.19. The first-order valence-electron chi connectivity index (χ1n) is 4.40. The van der Waals surface area contributed by atoms with E-state index in [2.05, 4.69) is 0 Å². The molecule has 0 aliphatic carbocycles. The molecular weight excluding hydrogens is 164 g/mol. The van der Waals surface area contributed by atoms with Gasteiger partial charge in [-0.2, -0.15) is 0 Å². The standard InChI is InChI=1S/C11H14O2/c1-13-7-3-6-10-4-2-5-11(8-10)9-12/h2,4-5,8-9H,3,6-7H2,1H3. The molecule has 0 unspecified atom stereocenters. The molecule has 0 saturated heterocycles. The van der Waals surface area contributed by atoms with Gasteiger partial charge in [-0.25, -0.2) is 0 Å². The Morgan fingerprint density at radius 2 is 2.31 bits per heavy atom. The Hall–Kier alpha value is -1.15. The van der Waals surface area contributed by atoms with Crippen LogP contribution in [0.4, 0.5) is 0 Å². The third-order valence-corrected chi connectivity index (χ3v) is 1.90. The van der Waals surface area contributed by atoms with Gasteiger partial charge in [0.15, 0.2) is 0 Å². The number of rotatable bonds is 5. The highest BCUT2D eigenvalue weighted by atomic mass is 16.5. The molecule has 0 atom stereocenters. The molecular formula is C11H14O2. The lowest BCUT2D eigenvalue weighted by Gasteiger charge is -2.00. The van der Waals surface area contributed by atoms with Gasteiger partial charge in [0.05, 0.1) is 0 Å². The molecule has 13 heavy (non-hydrogen) atoms. The minimum Gasteiger partial charge on any atom is -0.385 e. The van der Waals surface area contributed by atoms with Crippen molar-refractivity contribution < 1.29 is 9.53 Å². The van der Waals surface area contributed by atoms with E-state index in [1.54, 1.807) is 7.11 Å². The quantitative estimate of drug-likeness (QED) is 0.509. The van der Waals surface area contributed by atoms with Crippen molar-refractivity contribution in [1.29, 1.82) is 0 Å². The average molecular weight is 178 g/mol. The van der Waals surface area contributed by atoms with Crippen LogP contribution in [0, 0.1) is 0 Å². The zero-order valence-electron chi connectivity index (χ0n) is 7.82. The first kappa shape index (κ1) is 9.93. The Morgan fingerprint density at radius 1 is 1.46 bits per heavy atom. The van der Waals surface area contributed by atoms with Crippen LogP contribution in [0.1, 0.15) is 22.3 Å². The molecule has 0 amide bonds. The zero-order valence-corrected chi connectivity index (χ0v) is 7.82. The number of aldehydes is 1. The fourth-order valence-electron chi connectivity index (χ4n) is 1.24. The van der Waals surface area contributed by atoms with Crippen LogP contribution < -0.4 is 0 Å². The van der Waals surface area contributed by atoms with Crippen LogP contribution in [0.15, 0.2) is 24.3 Å². The van der Waals surface area contributed by atoms with Gasteiger partial charge in [-0.1, -0.05) is 18.2 Å². The molecule has 0 saturated carbocycles. The molecule has 0 fully saturated rings. The highest BCUT2D eigenvalue weighted by Gasteiger charge is 1.94. The number of hydrogen-bond donors (Lipinski definition) is 0. The van der Waals surface area contributed by atoms with Crippen LogP contribution in [0.2, 0.25) is 0 Å². The summed E-state index contributed by atoms with van der Waals surface area (Å²) in [5.74, 6) is 0. The van der Waals surface area contributed by atoms with Gasteiger partial charge in [0.2, 0.25) is 0 Å². The molecule has 0 heterocycles. The highest BCUT2D eigenvalue weighted by molar-refractivity contribution is 5.74. The van der Waals surface area contributed by atoms with Gasteiger partial charge in [0, 0.05) is 19.3 Å². The highest BCUT2D eigenvalue weighted by Crippen LogP contribution is 2.05. The van der Waals surface area contributed by atoms with E-state index >= 15 is 0 Å². The smallest absolute Gasteiger partial charge is 0.150 e. The Labute approximate surface area is 78.5 Å². The number of methoxy groups -OCH3 is 1. The summed E-state index contributed by atoms with van der Waals surface area (Å²) in [6.07, 6.45) is 2.84. The van der Waals surface area contributed by atoms with E-state index in [1.807, 2.05) is 24.3 Å². The molecule has 1 aromatic rings. The van der Waals surface area contributed by atoms with Crippen molar-refractivity contribution in [3.05, 3.63) is 35.4 Å².